The van der Waals surface area contributed by atoms with E-state index in [0.29, 0.717) is 17.9 Å². The van der Waals surface area contributed by atoms with Gasteiger partial charge in [0.25, 0.3) is 0 Å². The van der Waals surface area contributed by atoms with Crippen molar-refractivity contribution in [3.63, 3.8) is 0 Å². The molecule has 13 heavy (non-hydrogen) atoms. The Morgan fingerprint density at radius 3 is 2.77 bits per heavy atom. The normalized spacial score (nSPS) is 12.9. The molecule has 2 N–H and O–H groups in total. The van der Waals surface area contributed by atoms with Crippen LogP contribution >= 0.6 is 11.6 Å². The van der Waals surface area contributed by atoms with Gasteiger partial charge in [-0.2, -0.15) is 0 Å². The topological polar surface area (TPSA) is 26.0 Å². The first-order valence-electron chi connectivity index (χ1n) is 4.22. The molecule has 0 heterocycles. The molecule has 1 aromatic carbocycles. The summed E-state index contributed by atoms with van der Waals surface area (Å²) in [5, 5.41) is 0. The second-order valence-electron chi connectivity index (χ2n) is 3.09. The van der Waals surface area contributed by atoms with Crippen molar-refractivity contribution in [2.24, 2.45) is 5.73 Å². The molecule has 1 atom stereocenters. The third kappa shape index (κ3) is 2.68. The number of rotatable bonds is 3. The van der Waals surface area contributed by atoms with Crippen molar-refractivity contribution in [2.75, 3.05) is 5.88 Å². The minimum Gasteiger partial charge on any atom is -0.324 e. The van der Waals surface area contributed by atoms with Crippen molar-refractivity contribution in [2.45, 2.75) is 19.4 Å². The zero-order valence-corrected chi connectivity index (χ0v) is 8.31. The Bertz CT molecular complexity index is 288. The molecule has 0 bridgehead atoms. The Kier molecular flexibility index (Phi) is 3.70. The first kappa shape index (κ1) is 10.5. The average Bonchev–Trinajstić information content (AvgIpc) is 2.10. The highest BCUT2D eigenvalue weighted by Gasteiger charge is 2.06. The predicted octanol–water partition coefficient (Wildman–Crippen LogP) is 2.76. The average molecular weight is 202 g/mol. The van der Waals surface area contributed by atoms with Gasteiger partial charge in [-0.25, -0.2) is 4.39 Å². The molecule has 0 fully saturated rings. The molecule has 0 amide bonds. The zero-order chi connectivity index (χ0) is 9.84. The number of nitrogens with two attached hydrogens (primary N) is 1. The minimum atomic E-state index is -0.193. The summed E-state index contributed by atoms with van der Waals surface area (Å²) in [5.41, 5.74) is 7.39. The zero-order valence-electron chi connectivity index (χ0n) is 7.56. The van der Waals surface area contributed by atoms with Gasteiger partial charge in [0.15, 0.2) is 0 Å². The molecule has 0 saturated heterocycles. The van der Waals surface area contributed by atoms with Gasteiger partial charge in [-0.3, -0.25) is 0 Å². The Hall–Kier alpha value is -0.600. The van der Waals surface area contributed by atoms with E-state index in [9.17, 15) is 4.39 Å². The molecule has 0 saturated carbocycles. The molecule has 1 unspecified atom stereocenters. The lowest BCUT2D eigenvalue weighted by Gasteiger charge is -2.10. The Balaban J connectivity index is 2.84. The van der Waals surface area contributed by atoms with E-state index < -0.39 is 0 Å². The first-order chi connectivity index (χ1) is 6.15. The van der Waals surface area contributed by atoms with Gasteiger partial charge in [-0.15, -0.1) is 11.6 Å². The minimum absolute atomic E-state index is 0.0863. The van der Waals surface area contributed by atoms with Gasteiger partial charge in [-0.05, 0) is 30.5 Å². The summed E-state index contributed by atoms with van der Waals surface area (Å²) in [7, 11) is 0. The lowest BCUT2D eigenvalue weighted by Crippen LogP contribution is -2.11. The van der Waals surface area contributed by atoms with Crippen molar-refractivity contribution >= 4 is 11.6 Å². The maximum absolute atomic E-state index is 12.9. The number of hydrogen-bond acceptors (Lipinski definition) is 1. The molecule has 0 radical (unpaired) electrons. The quantitative estimate of drug-likeness (QED) is 0.748. The van der Waals surface area contributed by atoms with E-state index >= 15 is 0 Å². The number of alkyl halides is 1. The molecular weight excluding hydrogens is 189 g/mol. The fourth-order valence-corrected chi connectivity index (χ4v) is 1.42. The maximum atomic E-state index is 12.9. The molecule has 3 heteroatoms. The van der Waals surface area contributed by atoms with Gasteiger partial charge in [0, 0.05) is 11.9 Å². The highest BCUT2D eigenvalue weighted by atomic mass is 35.5. The second kappa shape index (κ2) is 4.58. The van der Waals surface area contributed by atoms with Gasteiger partial charge in [0.2, 0.25) is 0 Å². The number of hydrogen-bond donors (Lipinski definition) is 1. The van der Waals surface area contributed by atoms with Crippen molar-refractivity contribution in [1.29, 1.82) is 0 Å². The van der Waals surface area contributed by atoms with E-state index in [1.807, 2.05) is 0 Å². The highest BCUT2D eigenvalue weighted by molar-refractivity contribution is 6.17. The molecular formula is C10H13ClFN. The summed E-state index contributed by atoms with van der Waals surface area (Å²) >= 11 is 5.56. The van der Waals surface area contributed by atoms with Gasteiger partial charge in [0.05, 0.1) is 0 Å². The molecule has 0 spiro atoms. The molecule has 1 rings (SSSR count). The standard InChI is InChI=1S/C10H13ClFN/c1-7-6-8(2-3-9(7)12)10(13)4-5-11/h2-3,6,10H,4-5,13H2,1H3. The molecule has 0 aliphatic heterocycles. The summed E-state index contributed by atoms with van der Waals surface area (Å²) in [6.45, 7) is 1.73. The smallest absolute Gasteiger partial charge is 0.126 e. The van der Waals surface area contributed by atoms with Crippen molar-refractivity contribution < 1.29 is 4.39 Å². The fraction of sp³-hybridized carbons (Fsp3) is 0.400. The summed E-state index contributed by atoms with van der Waals surface area (Å²) in [4.78, 5) is 0. The van der Waals surface area contributed by atoms with E-state index in [0.717, 1.165) is 5.56 Å². The molecule has 72 valence electrons. The van der Waals surface area contributed by atoms with Gasteiger partial charge >= 0.3 is 0 Å². The molecule has 1 aromatic rings. The van der Waals surface area contributed by atoms with Crippen LogP contribution in [0.25, 0.3) is 0 Å². The summed E-state index contributed by atoms with van der Waals surface area (Å²) < 4.78 is 12.9. The van der Waals surface area contributed by atoms with Crippen LogP contribution in [0.15, 0.2) is 18.2 Å². The van der Waals surface area contributed by atoms with Crippen LogP contribution in [0.2, 0.25) is 0 Å². The monoisotopic (exact) mass is 201 g/mol. The van der Waals surface area contributed by atoms with E-state index in [-0.39, 0.29) is 11.9 Å². The van der Waals surface area contributed by atoms with Crippen LogP contribution < -0.4 is 5.73 Å². The lowest BCUT2D eigenvalue weighted by molar-refractivity contribution is 0.614. The number of aryl methyl sites for hydroxylation is 1. The maximum Gasteiger partial charge on any atom is 0.126 e. The van der Waals surface area contributed by atoms with Crippen molar-refractivity contribution in [3.8, 4) is 0 Å². The largest absolute Gasteiger partial charge is 0.324 e. The van der Waals surface area contributed by atoms with E-state index in [2.05, 4.69) is 0 Å². The fourth-order valence-electron chi connectivity index (χ4n) is 1.18. The highest BCUT2D eigenvalue weighted by Crippen LogP contribution is 2.17. The van der Waals surface area contributed by atoms with Gasteiger partial charge in [0.1, 0.15) is 5.82 Å². The van der Waals surface area contributed by atoms with Gasteiger partial charge < -0.3 is 5.73 Å². The first-order valence-corrected chi connectivity index (χ1v) is 4.76. The SMILES string of the molecule is Cc1cc(C(N)CCCl)ccc1F. The number of halogens is 2. The van der Waals surface area contributed by atoms with Crippen molar-refractivity contribution in [3.05, 3.63) is 35.1 Å². The Morgan fingerprint density at radius 2 is 2.23 bits per heavy atom. The molecule has 0 aliphatic carbocycles. The van der Waals surface area contributed by atoms with Crippen LogP contribution in [0.5, 0.6) is 0 Å². The van der Waals surface area contributed by atoms with Crippen LogP contribution in [0.4, 0.5) is 4.39 Å². The van der Waals surface area contributed by atoms with E-state index in [4.69, 9.17) is 17.3 Å². The van der Waals surface area contributed by atoms with Crippen LogP contribution in [-0.4, -0.2) is 5.88 Å². The Morgan fingerprint density at radius 1 is 1.54 bits per heavy atom. The Labute approximate surface area is 82.7 Å². The van der Waals surface area contributed by atoms with Crippen LogP contribution in [0.1, 0.15) is 23.6 Å². The van der Waals surface area contributed by atoms with Crippen LogP contribution in [0.3, 0.4) is 0 Å². The van der Waals surface area contributed by atoms with Crippen LogP contribution in [-0.2, 0) is 0 Å². The number of benzene rings is 1. The summed E-state index contributed by atoms with van der Waals surface area (Å²) in [6.07, 6.45) is 0.715. The van der Waals surface area contributed by atoms with E-state index in [1.165, 1.54) is 6.07 Å². The molecule has 0 aliphatic rings. The lowest BCUT2D eigenvalue weighted by atomic mass is 10.0. The molecule has 1 nitrogen and oxygen atoms in total. The third-order valence-electron chi connectivity index (χ3n) is 2.03. The summed E-state index contributed by atoms with van der Waals surface area (Å²) in [5.74, 6) is 0.333. The van der Waals surface area contributed by atoms with E-state index in [1.54, 1.807) is 19.1 Å². The summed E-state index contributed by atoms with van der Waals surface area (Å²) in [6, 6.07) is 4.84. The van der Waals surface area contributed by atoms with Crippen molar-refractivity contribution in [1.82, 2.24) is 0 Å². The van der Waals surface area contributed by atoms with Crippen LogP contribution in [0, 0.1) is 12.7 Å². The molecule has 0 aromatic heterocycles. The predicted molar refractivity (Wildman–Crippen MR) is 53.4 cm³/mol. The third-order valence-corrected chi connectivity index (χ3v) is 2.25. The van der Waals surface area contributed by atoms with Gasteiger partial charge in [-0.1, -0.05) is 12.1 Å². The second-order valence-corrected chi connectivity index (χ2v) is 3.47.